The van der Waals surface area contributed by atoms with Crippen molar-refractivity contribution in [3.63, 3.8) is 0 Å². The van der Waals surface area contributed by atoms with E-state index < -0.39 is 0 Å². The zero-order valence-corrected chi connectivity index (χ0v) is 13.0. The third-order valence-corrected chi connectivity index (χ3v) is 3.42. The summed E-state index contributed by atoms with van der Waals surface area (Å²) in [4.78, 5) is 14.5. The molecule has 0 heterocycles. The predicted octanol–water partition coefficient (Wildman–Crippen LogP) is 2.95. The van der Waals surface area contributed by atoms with Crippen molar-refractivity contribution in [2.75, 3.05) is 31.4 Å². The van der Waals surface area contributed by atoms with E-state index in [0.29, 0.717) is 29.3 Å². The number of nitrogens with zero attached hydrogens (tertiary/aromatic N) is 1. The highest BCUT2D eigenvalue weighted by molar-refractivity contribution is 6.09. The topological polar surface area (TPSA) is 64.8 Å². The third-order valence-electron chi connectivity index (χ3n) is 3.42. The minimum absolute atomic E-state index is 0.174. The van der Waals surface area contributed by atoms with Gasteiger partial charge in [-0.15, -0.1) is 0 Å². The Morgan fingerprint density at radius 1 is 1.09 bits per heavy atom. The lowest BCUT2D eigenvalue weighted by Crippen LogP contribution is -2.31. The first-order chi connectivity index (χ1) is 10.6. The molecule has 22 heavy (non-hydrogen) atoms. The van der Waals surface area contributed by atoms with Gasteiger partial charge in [0.1, 0.15) is 0 Å². The van der Waals surface area contributed by atoms with Gasteiger partial charge in [0.2, 0.25) is 0 Å². The predicted molar refractivity (Wildman–Crippen MR) is 87.8 cm³/mol. The summed E-state index contributed by atoms with van der Waals surface area (Å²) in [5.41, 5.74) is 7.58. The van der Waals surface area contributed by atoms with Gasteiger partial charge in [-0.3, -0.25) is 4.79 Å². The van der Waals surface area contributed by atoms with Crippen molar-refractivity contribution >= 4 is 17.3 Å². The van der Waals surface area contributed by atoms with E-state index in [4.69, 9.17) is 15.2 Å². The summed E-state index contributed by atoms with van der Waals surface area (Å²) >= 11 is 0. The summed E-state index contributed by atoms with van der Waals surface area (Å²) in [6.07, 6.45) is 0. The van der Waals surface area contributed by atoms with E-state index in [2.05, 4.69) is 0 Å². The molecule has 5 heteroatoms. The van der Waals surface area contributed by atoms with Crippen LogP contribution in [0.25, 0.3) is 0 Å². The zero-order valence-electron chi connectivity index (χ0n) is 13.0. The first kappa shape index (κ1) is 15.7. The minimum atomic E-state index is -0.174. The number of methoxy groups -OCH3 is 2. The molecule has 0 radical (unpaired) electrons. The molecule has 0 aliphatic heterocycles. The van der Waals surface area contributed by atoms with Crippen LogP contribution in [0.15, 0.2) is 42.5 Å². The minimum Gasteiger partial charge on any atom is -0.493 e. The number of benzene rings is 2. The monoisotopic (exact) mass is 300 g/mol. The van der Waals surface area contributed by atoms with Crippen molar-refractivity contribution < 1.29 is 14.3 Å². The molecule has 0 saturated carbocycles. The number of rotatable bonds is 5. The molecule has 0 aliphatic rings. The number of carbonyl (C=O) groups is 1. The standard InChI is InChI=1S/C17H20N2O3/c1-4-19(12-8-6-5-7-9-12)17(20)13-10-15(21-2)16(22-3)11-14(13)18/h5-11H,4,18H2,1-3H3. The number of hydrogen-bond donors (Lipinski definition) is 1. The lowest BCUT2D eigenvalue weighted by Gasteiger charge is -2.22. The van der Waals surface area contributed by atoms with E-state index in [9.17, 15) is 4.79 Å². The molecule has 0 bridgehead atoms. The second kappa shape index (κ2) is 6.85. The number of anilines is 2. The van der Waals surface area contributed by atoms with Crippen molar-refractivity contribution in [3.05, 3.63) is 48.0 Å². The molecule has 0 aromatic heterocycles. The van der Waals surface area contributed by atoms with Gasteiger partial charge in [0, 0.05) is 24.0 Å². The molecule has 0 spiro atoms. The van der Waals surface area contributed by atoms with E-state index in [1.807, 2.05) is 37.3 Å². The van der Waals surface area contributed by atoms with Gasteiger partial charge in [0.25, 0.3) is 5.91 Å². The van der Waals surface area contributed by atoms with Gasteiger partial charge >= 0.3 is 0 Å². The van der Waals surface area contributed by atoms with Gasteiger partial charge in [0.15, 0.2) is 11.5 Å². The first-order valence-corrected chi connectivity index (χ1v) is 7.00. The summed E-state index contributed by atoms with van der Waals surface area (Å²) in [6.45, 7) is 2.46. The van der Waals surface area contributed by atoms with Gasteiger partial charge in [0.05, 0.1) is 19.8 Å². The second-order valence-corrected chi connectivity index (χ2v) is 4.68. The molecule has 1 amide bonds. The zero-order chi connectivity index (χ0) is 16.1. The van der Waals surface area contributed by atoms with Gasteiger partial charge in [-0.2, -0.15) is 0 Å². The summed E-state index contributed by atoms with van der Waals surface area (Å²) in [5, 5.41) is 0. The Kier molecular flexibility index (Phi) is 4.88. The summed E-state index contributed by atoms with van der Waals surface area (Å²) in [6, 6.07) is 12.7. The van der Waals surface area contributed by atoms with E-state index in [1.165, 1.54) is 14.2 Å². The molecule has 5 nitrogen and oxygen atoms in total. The number of amides is 1. The number of hydrogen-bond acceptors (Lipinski definition) is 4. The maximum absolute atomic E-state index is 12.8. The highest BCUT2D eigenvalue weighted by Gasteiger charge is 2.21. The van der Waals surface area contributed by atoms with E-state index in [1.54, 1.807) is 17.0 Å². The molecule has 2 aromatic carbocycles. The molecule has 2 N–H and O–H groups in total. The molecule has 2 rings (SSSR count). The maximum atomic E-state index is 12.8. The van der Waals surface area contributed by atoms with Crippen LogP contribution >= 0.6 is 0 Å². The SMILES string of the molecule is CCN(C(=O)c1cc(OC)c(OC)cc1N)c1ccccc1. The Bertz CT molecular complexity index is 656. The molecule has 116 valence electrons. The Morgan fingerprint density at radius 2 is 1.68 bits per heavy atom. The van der Waals surface area contributed by atoms with Gasteiger partial charge in [-0.05, 0) is 25.1 Å². The van der Waals surface area contributed by atoms with Crippen LogP contribution < -0.4 is 20.1 Å². The number of ether oxygens (including phenoxy) is 2. The van der Waals surface area contributed by atoms with Crippen molar-refractivity contribution in [2.45, 2.75) is 6.92 Å². The van der Waals surface area contributed by atoms with Gasteiger partial charge in [-0.1, -0.05) is 18.2 Å². The fourth-order valence-electron chi connectivity index (χ4n) is 2.28. The molecular weight excluding hydrogens is 280 g/mol. The number of carbonyl (C=O) groups excluding carboxylic acids is 1. The number of para-hydroxylation sites is 1. The first-order valence-electron chi connectivity index (χ1n) is 7.00. The Morgan fingerprint density at radius 3 is 2.23 bits per heavy atom. The van der Waals surface area contributed by atoms with E-state index >= 15 is 0 Å². The highest BCUT2D eigenvalue weighted by atomic mass is 16.5. The quantitative estimate of drug-likeness (QED) is 0.862. The third kappa shape index (κ3) is 2.98. The largest absolute Gasteiger partial charge is 0.493 e. The van der Waals surface area contributed by atoms with Crippen LogP contribution in [-0.4, -0.2) is 26.7 Å². The molecule has 0 unspecified atom stereocenters. The molecular formula is C17H20N2O3. The molecule has 0 fully saturated rings. The van der Waals surface area contributed by atoms with E-state index in [-0.39, 0.29) is 5.91 Å². The molecule has 0 aliphatic carbocycles. The average Bonchev–Trinajstić information content (AvgIpc) is 2.56. The van der Waals surface area contributed by atoms with Crippen LogP contribution in [0.3, 0.4) is 0 Å². The van der Waals surface area contributed by atoms with Crippen LogP contribution in [0, 0.1) is 0 Å². The van der Waals surface area contributed by atoms with Crippen molar-refractivity contribution in [2.24, 2.45) is 0 Å². The summed E-state index contributed by atoms with van der Waals surface area (Å²) in [7, 11) is 3.05. The lowest BCUT2D eigenvalue weighted by molar-refractivity contribution is 0.0989. The number of nitrogen functional groups attached to an aromatic ring is 1. The van der Waals surface area contributed by atoms with E-state index in [0.717, 1.165) is 5.69 Å². The lowest BCUT2D eigenvalue weighted by atomic mass is 10.1. The van der Waals surface area contributed by atoms with Crippen LogP contribution in [0.2, 0.25) is 0 Å². The molecule has 0 atom stereocenters. The fourth-order valence-corrected chi connectivity index (χ4v) is 2.28. The smallest absolute Gasteiger partial charge is 0.260 e. The summed E-state index contributed by atoms with van der Waals surface area (Å²) in [5.74, 6) is 0.802. The molecule has 2 aromatic rings. The normalized spacial score (nSPS) is 10.1. The van der Waals surface area contributed by atoms with Crippen LogP contribution in [0.1, 0.15) is 17.3 Å². The van der Waals surface area contributed by atoms with Crippen LogP contribution in [0.5, 0.6) is 11.5 Å². The van der Waals surface area contributed by atoms with Crippen molar-refractivity contribution in [3.8, 4) is 11.5 Å². The van der Waals surface area contributed by atoms with Gasteiger partial charge < -0.3 is 20.1 Å². The maximum Gasteiger partial charge on any atom is 0.260 e. The van der Waals surface area contributed by atoms with Gasteiger partial charge in [-0.25, -0.2) is 0 Å². The second-order valence-electron chi connectivity index (χ2n) is 4.68. The Hall–Kier alpha value is -2.69. The van der Waals surface area contributed by atoms with Crippen molar-refractivity contribution in [1.82, 2.24) is 0 Å². The summed E-state index contributed by atoms with van der Waals surface area (Å²) < 4.78 is 10.4. The number of nitrogens with two attached hydrogens (primary N) is 1. The Balaban J connectivity index is 2.44. The van der Waals surface area contributed by atoms with Crippen LogP contribution in [-0.2, 0) is 0 Å². The van der Waals surface area contributed by atoms with Crippen molar-refractivity contribution in [1.29, 1.82) is 0 Å². The van der Waals surface area contributed by atoms with Crippen LogP contribution in [0.4, 0.5) is 11.4 Å². The fraction of sp³-hybridized carbons (Fsp3) is 0.235. The molecule has 0 saturated heterocycles. The average molecular weight is 300 g/mol. The Labute approximate surface area is 130 Å². The highest BCUT2D eigenvalue weighted by Crippen LogP contribution is 2.33.